The lowest BCUT2D eigenvalue weighted by atomic mass is 9.96. The summed E-state index contributed by atoms with van der Waals surface area (Å²) in [7, 11) is 0. The first-order valence-corrected chi connectivity index (χ1v) is 13.1. The summed E-state index contributed by atoms with van der Waals surface area (Å²) >= 11 is 1.59. The number of carbonyl (C=O) groups excluding carboxylic acids is 2. The highest BCUT2D eigenvalue weighted by Crippen LogP contribution is 2.36. The molecule has 1 N–H and O–H groups in total. The first-order chi connectivity index (χ1) is 17.8. The quantitative estimate of drug-likeness (QED) is 0.182. The summed E-state index contributed by atoms with van der Waals surface area (Å²) in [5.41, 5.74) is 2.52. The Hall–Kier alpha value is -3.78. The van der Waals surface area contributed by atoms with Crippen LogP contribution in [-0.2, 0) is 11.3 Å². The molecule has 1 aliphatic rings. The van der Waals surface area contributed by atoms with Crippen molar-refractivity contribution >= 4 is 40.3 Å². The van der Waals surface area contributed by atoms with E-state index in [2.05, 4.69) is 14.3 Å². The van der Waals surface area contributed by atoms with Crippen LogP contribution >= 0.6 is 11.9 Å². The SMILES string of the molecule is CC(C)(C)OC(=O)c1[nH]c2cc(OCc3ccccc3)ccc2c1C(=O)C1CSN(c2cccnc2)C1. The molecule has 0 amide bonds. The van der Waals surface area contributed by atoms with Crippen molar-refractivity contribution in [3.63, 3.8) is 0 Å². The molecule has 1 atom stereocenters. The summed E-state index contributed by atoms with van der Waals surface area (Å²) in [4.78, 5) is 34.4. The number of fused-ring (bicyclic) bond motifs is 1. The van der Waals surface area contributed by atoms with E-state index < -0.39 is 11.6 Å². The molecule has 1 saturated heterocycles. The number of H-pyrrole nitrogens is 1. The molecule has 5 rings (SSSR count). The molecule has 0 aliphatic carbocycles. The van der Waals surface area contributed by atoms with Gasteiger partial charge in [-0.15, -0.1) is 0 Å². The number of anilines is 1. The molecule has 190 valence electrons. The number of nitrogens with one attached hydrogen (secondary N) is 1. The Labute approximate surface area is 220 Å². The third kappa shape index (κ3) is 5.64. The second-order valence-electron chi connectivity index (χ2n) is 9.99. The fraction of sp³-hybridized carbons (Fsp3) is 0.276. The number of hydrogen-bond acceptors (Lipinski definition) is 7. The first kappa shape index (κ1) is 24.9. The highest BCUT2D eigenvalue weighted by Gasteiger charge is 2.35. The van der Waals surface area contributed by atoms with Gasteiger partial charge in [0.1, 0.15) is 23.7 Å². The van der Waals surface area contributed by atoms with Crippen molar-refractivity contribution < 1.29 is 19.1 Å². The van der Waals surface area contributed by atoms with E-state index in [1.54, 1.807) is 24.3 Å². The van der Waals surface area contributed by atoms with E-state index in [9.17, 15) is 9.59 Å². The molecule has 1 unspecified atom stereocenters. The number of rotatable bonds is 7. The standard InChI is InChI=1S/C29H29N3O4S/c1-29(2,3)36-28(34)26-25(27(33)20-16-32(37-18-20)21-10-7-13-30-15-21)23-12-11-22(14-24(23)31-26)35-17-19-8-5-4-6-9-19/h4-15,20,31H,16-18H2,1-3H3. The Kier molecular flexibility index (Phi) is 6.93. The number of aromatic amines is 1. The normalized spacial score (nSPS) is 15.6. The van der Waals surface area contributed by atoms with E-state index >= 15 is 0 Å². The van der Waals surface area contributed by atoms with E-state index in [0.717, 1.165) is 11.3 Å². The van der Waals surface area contributed by atoms with Crippen LogP contribution in [0.5, 0.6) is 5.75 Å². The fourth-order valence-electron chi connectivity index (χ4n) is 4.27. The molecule has 0 bridgehead atoms. The number of Topliss-reactive ketones (excluding diaryl/α,β-unsaturated/α-hetero) is 1. The topological polar surface area (TPSA) is 84.5 Å². The molecule has 7 nitrogen and oxygen atoms in total. The first-order valence-electron chi connectivity index (χ1n) is 12.2. The molecule has 0 spiro atoms. The number of esters is 1. The minimum absolute atomic E-state index is 0.0797. The Morgan fingerprint density at radius 2 is 1.92 bits per heavy atom. The maximum absolute atomic E-state index is 13.9. The van der Waals surface area contributed by atoms with E-state index in [1.165, 1.54) is 0 Å². The van der Waals surface area contributed by atoms with Gasteiger partial charge in [-0.25, -0.2) is 4.79 Å². The Morgan fingerprint density at radius 1 is 1.11 bits per heavy atom. The average Bonchev–Trinajstić information content (AvgIpc) is 3.53. The molecule has 8 heteroatoms. The largest absolute Gasteiger partial charge is 0.489 e. The molecule has 1 aliphatic heterocycles. The van der Waals surface area contributed by atoms with Crippen molar-refractivity contribution in [1.29, 1.82) is 0 Å². The Morgan fingerprint density at radius 3 is 2.65 bits per heavy atom. The molecule has 4 aromatic rings. The summed E-state index contributed by atoms with van der Waals surface area (Å²) in [6, 6.07) is 19.2. The van der Waals surface area contributed by atoms with Gasteiger partial charge >= 0.3 is 5.97 Å². The van der Waals surface area contributed by atoms with Gasteiger partial charge in [-0.3, -0.25) is 9.78 Å². The summed E-state index contributed by atoms with van der Waals surface area (Å²) < 4.78 is 13.7. The summed E-state index contributed by atoms with van der Waals surface area (Å²) in [6.07, 6.45) is 3.51. The second kappa shape index (κ2) is 10.3. The van der Waals surface area contributed by atoms with Crippen molar-refractivity contribution in [1.82, 2.24) is 9.97 Å². The van der Waals surface area contributed by atoms with Crippen LogP contribution in [0, 0.1) is 5.92 Å². The van der Waals surface area contributed by atoms with Crippen molar-refractivity contribution in [2.45, 2.75) is 33.0 Å². The lowest BCUT2D eigenvalue weighted by molar-refractivity contribution is 0.00619. The number of carbonyl (C=O) groups is 2. The van der Waals surface area contributed by atoms with Crippen LogP contribution in [-0.4, -0.2) is 39.6 Å². The van der Waals surface area contributed by atoms with Crippen molar-refractivity contribution in [2.24, 2.45) is 5.92 Å². The zero-order valence-corrected chi connectivity index (χ0v) is 21.9. The predicted octanol–water partition coefficient (Wildman–Crippen LogP) is 6.06. The van der Waals surface area contributed by atoms with Gasteiger partial charge in [0.25, 0.3) is 0 Å². The van der Waals surface area contributed by atoms with E-state index in [-0.39, 0.29) is 17.4 Å². The van der Waals surface area contributed by atoms with E-state index in [0.29, 0.717) is 41.1 Å². The van der Waals surface area contributed by atoms with E-state index in [1.807, 2.05) is 81.4 Å². The van der Waals surface area contributed by atoms with Crippen LogP contribution in [0.4, 0.5) is 5.69 Å². The number of pyridine rings is 1. The van der Waals surface area contributed by atoms with Crippen molar-refractivity contribution in [3.05, 3.63) is 89.9 Å². The molecule has 2 aromatic heterocycles. The smallest absolute Gasteiger partial charge is 0.356 e. The number of hydrogen-bond donors (Lipinski definition) is 1. The third-order valence-electron chi connectivity index (χ3n) is 5.99. The zero-order chi connectivity index (χ0) is 26.0. The molecular formula is C29H29N3O4S. The van der Waals surface area contributed by atoms with Gasteiger partial charge in [-0.2, -0.15) is 0 Å². The highest BCUT2D eigenvalue weighted by atomic mass is 32.2. The van der Waals surface area contributed by atoms with Crippen LogP contribution in [0.2, 0.25) is 0 Å². The van der Waals surface area contributed by atoms with Crippen LogP contribution in [0.25, 0.3) is 10.9 Å². The maximum Gasteiger partial charge on any atom is 0.356 e. The number of ether oxygens (including phenoxy) is 2. The van der Waals surface area contributed by atoms with Gasteiger partial charge < -0.3 is 18.8 Å². The highest BCUT2D eigenvalue weighted by molar-refractivity contribution is 8.00. The van der Waals surface area contributed by atoms with Crippen molar-refractivity contribution in [3.8, 4) is 5.75 Å². The van der Waals surface area contributed by atoms with Gasteiger partial charge in [0, 0.05) is 29.9 Å². The fourth-order valence-corrected chi connectivity index (χ4v) is 5.43. The molecule has 2 aromatic carbocycles. The van der Waals surface area contributed by atoms with Crippen LogP contribution in [0.15, 0.2) is 73.1 Å². The van der Waals surface area contributed by atoms with Gasteiger partial charge in [-0.1, -0.05) is 30.3 Å². The number of benzene rings is 2. The van der Waals surface area contributed by atoms with Gasteiger partial charge in [0.15, 0.2) is 5.78 Å². The van der Waals surface area contributed by atoms with Crippen molar-refractivity contribution in [2.75, 3.05) is 16.6 Å². The second-order valence-corrected chi connectivity index (χ2v) is 11.0. The Bertz CT molecular complexity index is 1410. The maximum atomic E-state index is 13.9. The van der Waals surface area contributed by atoms with Gasteiger partial charge in [0.05, 0.1) is 28.9 Å². The molecule has 3 heterocycles. The summed E-state index contributed by atoms with van der Waals surface area (Å²) in [5.74, 6) is 0.357. The third-order valence-corrected chi connectivity index (χ3v) is 7.21. The monoisotopic (exact) mass is 515 g/mol. The Balaban J connectivity index is 1.45. The predicted molar refractivity (Wildman–Crippen MR) is 146 cm³/mol. The lowest BCUT2D eigenvalue weighted by Crippen LogP contribution is -2.27. The summed E-state index contributed by atoms with van der Waals surface area (Å²) in [5, 5.41) is 0.683. The molecule has 1 fully saturated rings. The molecule has 0 radical (unpaired) electrons. The molecule has 0 saturated carbocycles. The van der Waals surface area contributed by atoms with E-state index in [4.69, 9.17) is 9.47 Å². The minimum Gasteiger partial charge on any atom is -0.489 e. The molecule has 37 heavy (non-hydrogen) atoms. The number of aromatic nitrogens is 2. The molecular weight excluding hydrogens is 486 g/mol. The van der Waals surface area contributed by atoms with Crippen LogP contribution in [0.1, 0.15) is 47.2 Å². The summed E-state index contributed by atoms with van der Waals surface area (Å²) in [6.45, 7) is 6.38. The lowest BCUT2D eigenvalue weighted by Gasteiger charge is -2.19. The number of ketones is 1. The van der Waals surface area contributed by atoms with Gasteiger partial charge in [-0.05, 0) is 62.5 Å². The number of nitrogens with zero attached hydrogens (tertiary/aromatic N) is 2. The zero-order valence-electron chi connectivity index (χ0n) is 21.1. The average molecular weight is 516 g/mol. The van der Waals surface area contributed by atoms with Gasteiger partial charge in [0.2, 0.25) is 0 Å². The minimum atomic E-state index is -0.695. The van der Waals surface area contributed by atoms with Crippen LogP contribution < -0.4 is 9.04 Å². The van der Waals surface area contributed by atoms with Crippen LogP contribution in [0.3, 0.4) is 0 Å².